The molecule has 0 aliphatic rings. The Morgan fingerprint density at radius 2 is 0.887 bits per heavy atom. The maximum atomic E-state index is 12.4. The highest BCUT2D eigenvalue weighted by molar-refractivity contribution is 5.76. The number of carbonyl (C=O) groups is 2. The summed E-state index contributed by atoms with van der Waals surface area (Å²) in [4.78, 5) is 24.3. The zero-order valence-electron chi connectivity index (χ0n) is 35.5. The summed E-state index contributed by atoms with van der Waals surface area (Å²) >= 11 is 0. The summed E-state index contributed by atoms with van der Waals surface area (Å²) in [5.74, 6) is -0.0565. The van der Waals surface area contributed by atoms with Crippen LogP contribution in [0, 0.1) is 0 Å². The van der Waals surface area contributed by atoms with E-state index in [2.05, 4.69) is 31.3 Å². The molecule has 0 aromatic heterocycles. The maximum Gasteiger partial charge on any atom is 0.305 e. The van der Waals surface area contributed by atoms with Crippen LogP contribution in [0.3, 0.4) is 0 Å². The highest BCUT2D eigenvalue weighted by Crippen LogP contribution is 2.16. The molecule has 0 heterocycles. The summed E-state index contributed by atoms with van der Waals surface area (Å²) < 4.78 is 5.44. The van der Waals surface area contributed by atoms with Crippen LogP contribution in [0.15, 0.2) is 12.2 Å². The Kier molecular flexibility index (Phi) is 42.2. The van der Waals surface area contributed by atoms with E-state index in [1.807, 2.05) is 0 Å². The molecule has 0 fully saturated rings. The van der Waals surface area contributed by atoms with Gasteiger partial charge in [0.25, 0.3) is 0 Å². The van der Waals surface area contributed by atoms with Crippen molar-refractivity contribution >= 4 is 11.9 Å². The minimum absolute atomic E-state index is 0.00995. The maximum absolute atomic E-state index is 12.4. The molecule has 0 radical (unpaired) electrons. The smallest absolute Gasteiger partial charge is 0.305 e. The first-order valence-electron chi connectivity index (χ1n) is 23.4. The van der Waals surface area contributed by atoms with Crippen molar-refractivity contribution in [3.05, 3.63) is 12.2 Å². The SMILES string of the molecule is CCCCC/C=C\CCCCCCCC(=O)OCCCCCCCCCCCCCCCCCC(=O)NC(CO)C(O)CCCCCCCCCCC. The van der Waals surface area contributed by atoms with Gasteiger partial charge in [-0.25, -0.2) is 0 Å². The van der Waals surface area contributed by atoms with Crippen molar-refractivity contribution in [3.63, 3.8) is 0 Å². The van der Waals surface area contributed by atoms with Crippen molar-refractivity contribution in [1.82, 2.24) is 5.32 Å². The van der Waals surface area contributed by atoms with Crippen LogP contribution in [0.4, 0.5) is 0 Å². The molecule has 0 saturated carbocycles. The molecule has 0 spiro atoms. The molecule has 2 atom stereocenters. The Bertz CT molecular complexity index is 787. The number of ether oxygens (including phenoxy) is 1. The van der Waals surface area contributed by atoms with Gasteiger partial charge in [-0.1, -0.05) is 199 Å². The molecular formula is C47H91NO5. The number of unbranched alkanes of at least 4 members (excludes halogenated alkanes) is 30. The molecule has 1 amide bonds. The van der Waals surface area contributed by atoms with Gasteiger partial charge in [-0.3, -0.25) is 9.59 Å². The third-order valence-electron chi connectivity index (χ3n) is 10.8. The fraction of sp³-hybridized carbons (Fsp3) is 0.915. The van der Waals surface area contributed by atoms with Gasteiger partial charge in [-0.15, -0.1) is 0 Å². The minimum atomic E-state index is -0.666. The second-order valence-corrected chi connectivity index (χ2v) is 16.1. The molecule has 0 aliphatic carbocycles. The summed E-state index contributed by atoms with van der Waals surface area (Å²) in [6, 6.07) is -0.544. The average molecular weight is 750 g/mol. The highest BCUT2D eigenvalue weighted by atomic mass is 16.5. The van der Waals surface area contributed by atoms with Gasteiger partial charge in [-0.05, 0) is 51.4 Å². The van der Waals surface area contributed by atoms with Gasteiger partial charge < -0.3 is 20.3 Å². The molecule has 3 N–H and O–H groups in total. The van der Waals surface area contributed by atoms with E-state index >= 15 is 0 Å². The second-order valence-electron chi connectivity index (χ2n) is 16.1. The second kappa shape index (κ2) is 43.3. The van der Waals surface area contributed by atoms with E-state index in [1.165, 1.54) is 167 Å². The molecule has 0 rings (SSSR count). The van der Waals surface area contributed by atoms with Crippen LogP contribution in [0.5, 0.6) is 0 Å². The van der Waals surface area contributed by atoms with Crippen LogP contribution in [0.2, 0.25) is 0 Å². The number of aliphatic hydroxyl groups excluding tert-OH is 2. The van der Waals surface area contributed by atoms with Gasteiger partial charge in [0.1, 0.15) is 0 Å². The summed E-state index contributed by atoms with van der Waals surface area (Å²) in [5.41, 5.74) is 0. The lowest BCUT2D eigenvalue weighted by Gasteiger charge is -2.22. The lowest BCUT2D eigenvalue weighted by molar-refractivity contribution is -0.143. The normalized spacial score (nSPS) is 12.8. The van der Waals surface area contributed by atoms with Crippen LogP contribution < -0.4 is 5.32 Å². The summed E-state index contributed by atoms with van der Waals surface area (Å²) in [7, 11) is 0. The molecule has 53 heavy (non-hydrogen) atoms. The van der Waals surface area contributed by atoms with Crippen LogP contribution in [0.1, 0.15) is 251 Å². The van der Waals surface area contributed by atoms with Crippen molar-refractivity contribution in [2.45, 2.75) is 264 Å². The molecule has 0 bridgehead atoms. The first-order valence-corrected chi connectivity index (χ1v) is 23.4. The Labute approximate surface area is 329 Å². The monoisotopic (exact) mass is 750 g/mol. The first kappa shape index (κ1) is 51.6. The fourth-order valence-corrected chi connectivity index (χ4v) is 7.16. The van der Waals surface area contributed by atoms with E-state index in [9.17, 15) is 19.8 Å². The van der Waals surface area contributed by atoms with E-state index < -0.39 is 12.1 Å². The average Bonchev–Trinajstić information content (AvgIpc) is 3.16. The van der Waals surface area contributed by atoms with Crippen molar-refractivity contribution in [3.8, 4) is 0 Å². The van der Waals surface area contributed by atoms with Crippen molar-refractivity contribution < 1.29 is 24.5 Å². The predicted octanol–water partition coefficient (Wildman–Crippen LogP) is 13.4. The number of rotatable bonds is 43. The van der Waals surface area contributed by atoms with Gasteiger partial charge in [-0.2, -0.15) is 0 Å². The van der Waals surface area contributed by atoms with Crippen LogP contribution >= 0.6 is 0 Å². The van der Waals surface area contributed by atoms with Gasteiger partial charge in [0.05, 0.1) is 25.4 Å². The molecule has 2 unspecified atom stereocenters. The predicted molar refractivity (Wildman–Crippen MR) is 227 cm³/mol. The quantitative estimate of drug-likeness (QED) is 0.0328. The third kappa shape index (κ3) is 40.1. The zero-order valence-corrected chi connectivity index (χ0v) is 35.5. The van der Waals surface area contributed by atoms with Crippen molar-refractivity contribution in [2.24, 2.45) is 0 Å². The van der Waals surface area contributed by atoms with Crippen LogP contribution in [-0.2, 0) is 14.3 Å². The molecular weight excluding hydrogens is 659 g/mol. The molecule has 6 heteroatoms. The number of aliphatic hydroxyl groups is 2. The number of allylic oxidation sites excluding steroid dienone is 2. The van der Waals surface area contributed by atoms with Crippen LogP contribution in [0.25, 0.3) is 0 Å². The van der Waals surface area contributed by atoms with E-state index in [0.717, 1.165) is 51.4 Å². The molecule has 314 valence electrons. The molecule has 0 saturated heterocycles. The van der Waals surface area contributed by atoms with Crippen molar-refractivity contribution in [1.29, 1.82) is 0 Å². The van der Waals surface area contributed by atoms with Gasteiger partial charge in [0.15, 0.2) is 0 Å². The topological polar surface area (TPSA) is 95.9 Å². The highest BCUT2D eigenvalue weighted by Gasteiger charge is 2.20. The van der Waals surface area contributed by atoms with Gasteiger partial charge in [0, 0.05) is 12.8 Å². The number of nitrogens with one attached hydrogen (secondary N) is 1. The number of amides is 1. The lowest BCUT2D eigenvalue weighted by atomic mass is 10.0. The lowest BCUT2D eigenvalue weighted by Crippen LogP contribution is -2.45. The third-order valence-corrected chi connectivity index (χ3v) is 10.8. The van der Waals surface area contributed by atoms with E-state index in [1.54, 1.807) is 0 Å². The fourth-order valence-electron chi connectivity index (χ4n) is 7.16. The largest absolute Gasteiger partial charge is 0.466 e. The van der Waals surface area contributed by atoms with Gasteiger partial charge in [0.2, 0.25) is 5.91 Å². The molecule has 0 aromatic rings. The first-order chi connectivity index (χ1) is 26.0. The summed E-state index contributed by atoms with van der Waals surface area (Å²) in [6.45, 7) is 4.88. The number of carbonyl (C=O) groups excluding carboxylic acids is 2. The summed E-state index contributed by atoms with van der Waals surface area (Å²) in [5, 5.41) is 23.0. The van der Waals surface area contributed by atoms with E-state index in [0.29, 0.717) is 25.9 Å². The number of esters is 1. The Hall–Kier alpha value is -1.40. The summed E-state index contributed by atoms with van der Waals surface area (Å²) in [6.07, 6.45) is 47.4. The Balaban J connectivity index is 3.42. The minimum Gasteiger partial charge on any atom is -0.466 e. The Morgan fingerprint density at radius 1 is 0.509 bits per heavy atom. The number of hydrogen-bond donors (Lipinski definition) is 3. The van der Waals surface area contributed by atoms with Gasteiger partial charge >= 0.3 is 5.97 Å². The molecule has 6 nitrogen and oxygen atoms in total. The standard InChI is InChI=1S/C47H91NO5/c1-3-5-7-9-11-13-14-21-25-29-33-37-41-47(52)53-42-38-34-30-26-22-19-17-15-16-18-20-24-28-32-36-40-46(51)48-44(43-49)45(50)39-35-31-27-23-12-10-8-6-4-2/h11,13,44-45,49-50H,3-10,12,14-43H2,1-2H3,(H,48,51)/b13-11-. The van der Waals surface area contributed by atoms with Crippen molar-refractivity contribution in [2.75, 3.05) is 13.2 Å². The van der Waals surface area contributed by atoms with Crippen LogP contribution in [-0.4, -0.2) is 47.4 Å². The molecule has 0 aliphatic heterocycles. The zero-order chi connectivity index (χ0) is 38.7. The van der Waals surface area contributed by atoms with E-state index in [4.69, 9.17) is 4.74 Å². The number of hydrogen-bond acceptors (Lipinski definition) is 5. The molecule has 0 aromatic carbocycles. The Morgan fingerprint density at radius 3 is 1.38 bits per heavy atom. The van der Waals surface area contributed by atoms with E-state index in [-0.39, 0.29) is 18.5 Å².